The van der Waals surface area contributed by atoms with Gasteiger partial charge in [-0.2, -0.15) is 0 Å². The van der Waals surface area contributed by atoms with Crippen LogP contribution < -0.4 is 0 Å². The third-order valence-electron chi connectivity index (χ3n) is 2.28. The van der Waals surface area contributed by atoms with Crippen molar-refractivity contribution in [3.63, 3.8) is 0 Å². The summed E-state index contributed by atoms with van der Waals surface area (Å²) in [6.07, 6.45) is 4.58. The summed E-state index contributed by atoms with van der Waals surface area (Å²) >= 11 is 5.12. The molecule has 1 fully saturated rings. The molecule has 3 heteroatoms. The van der Waals surface area contributed by atoms with Crippen LogP contribution in [0.3, 0.4) is 0 Å². The average Bonchev–Trinajstić information content (AvgIpc) is 1.93. The third kappa shape index (κ3) is 2.70. The Balaban J connectivity index is 2.35. The lowest BCUT2D eigenvalue weighted by atomic mass is 9.88. The molecule has 0 amide bonds. The SMILES string of the molecule is C[C@H]1CCCC[C@@H]1OC(=O)Cl. The van der Waals surface area contributed by atoms with E-state index < -0.39 is 5.43 Å². The largest absolute Gasteiger partial charge is 0.450 e. The highest BCUT2D eigenvalue weighted by Crippen LogP contribution is 2.26. The number of ether oxygens (including phenoxy) is 1. The lowest BCUT2D eigenvalue weighted by Crippen LogP contribution is -2.26. The molecule has 11 heavy (non-hydrogen) atoms. The highest BCUT2D eigenvalue weighted by Gasteiger charge is 2.23. The second kappa shape index (κ2) is 3.96. The van der Waals surface area contributed by atoms with Crippen LogP contribution in [0.2, 0.25) is 0 Å². The normalized spacial score (nSPS) is 31.5. The maximum atomic E-state index is 10.4. The average molecular weight is 177 g/mol. The quantitative estimate of drug-likeness (QED) is 0.575. The summed E-state index contributed by atoms with van der Waals surface area (Å²) in [7, 11) is 0. The minimum Gasteiger partial charge on any atom is -0.450 e. The molecule has 0 aliphatic heterocycles. The Morgan fingerprint density at radius 3 is 2.64 bits per heavy atom. The molecular formula is C8H13ClO2. The van der Waals surface area contributed by atoms with Crippen LogP contribution in [0.25, 0.3) is 0 Å². The first kappa shape index (κ1) is 8.85. The van der Waals surface area contributed by atoms with E-state index in [1.165, 1.54) is 6.42 Å². The number of carbonyl (C=O) groups excluding carboxylic acids is 1. The van der Waals surface area contributed by atoms with Crippen molar-refractivity contribution in [2.24, 2.45) is 5.92 Å². The summed E-state index contributed by atoms with van der Waals surface area (Å²) in [5.41, 5.74) is -0.663. The smallest absolute Gasteiger partial charge is 0.404 e. The summed E-state index contributed by atoms with van der Waals surface area (Å²) in [4.78, 5) is 10.4. The van der Waals surface area contributed by atoms with Crippen LogP contribution in [-0.2, 0) is 4.74 Å². The molecule has 0 aromatic carbocycles. The van der Waals surface area contributed by atoms with Gasteiger partial charge in [-0.25, -0.2) is 4.79 Å². The molecule has 1 saturated carbocycles. The number of carbonyl (C=O) groups is 1. The van der Waals surface area contributed by atoms with Crippen molar-refractivity contribution < 1.29 is 9.53 Å². The van der Waals surface area contributed by atoms with E-state index in [1.54, 1.807) is 0 Å². The topological polar surface area (TPSA) is 26.3 Å². The van der Waals surface area contributed by atoms with Gasteiger partial charge in [-0.05, 0) is 25.2 Å². The minimum absolute atomic E-state index is 0.0637. The first-order valence-electron chi connectivity index (χ1n) is 4.06. The van der Waals surface area contributed by atoms with Crippen molar-refractivity contribution in [1.82, 2.24) is 0 Å². The van der Waals surface area contributed by atoms with Crippen LogP contribution >= 0.6 is 11.6 Å². The summed E-state index contributed by atoms with van der Waals surface area (Å²) < 4.78 is 4.93. The predicted molar refractivity (Wildman–Crippen MR) is 43.8 cm³/mol. The van der Waals surface area contributed by atoms with Gasteiger partial charge in [-0.3, -0.25) is 0 Å². The molecule has 0 radical (unpaired) electrons. The molecule has 0 N–H and O–H groups in total. The molecule has 2 atom stereocenters. The van der Waals surface area contributed by atoms with Crippen molar-refractivity contribution in [2.75, 3.05) is 0 Å². The van der Waals surface area contributed by atoms with Crippen LogP contribution in [0.1, 0.15) is 32.6 Å². The van der Waals surface area contributed by atoms with Crippen LogP contribution in [0, 0.1) is 5.92 Å². The lowest BCUT2D eigenvalue weighted by molar-refractivity contribution is 0.0597. The molecule has 1 aliphatic carbocycles. The van der Waals surface area contributed by atoms with Crippen LogP contribution in [0.5, 0.6) is 0 Å². The van der Waals surface area contributed by atoms with E-state index in [0.717, 1.165) is 19.3 Å². The van der Waals surface area contributed by atoms with E-state index in [9.17, 15) is 4.79 Å². The lowest BCUT2D eigenvalue weighted by Gasteiger charge is -2.27. The van der Waals surface area contributed by atoms with Crippen LogP contribution in [-0.4, -0.2) is 11.5 Å². The number of hydrogen-bond donors (Lipinski definition) is 0. The van der Waals surface area contributed by atoms with Crippen molar-refractivity contribution in [1.29, 1.82) is 0 Å². The molecule has 0 bridgehead atoms. The molecule has 0 heterocycles. The Hall–Kier alpha value is -0.240. The zero-order chi connectivity index (χ0) is 8.27. The van der Waals surface area contributed by atoms with Crippen molar-refractivity contribution in [3.05, 3.63) is 0 Å². The first-order valence-corrected chi connectivity index (χ1v) is 4.44. The van der Waals surface area contributed by atoms with Crippen molar-refractivity contribution in [2.45, 2.75) is 38.7 Å². The molecule has 0 unspecified atom stereocenters. The van der Waals surface area contributed by atoms with E-state index in [2.05, 4.69) is 6.92 Å². The second-order valence-corrected chi connectivity index (χ2v) is 3.46. The van der Waals surface area contributed by atoms with Gasteiger partial charge in [-0.1, -0.05) is 13.3 Å². The van der Waals surface area contributed by atoms with Gasteiger partial charge in [0.05, 0.1) is 0 Å². The summed E-state index contributed by atoms with van der Waals surface area (Å²) in [6.45, 7) is 2.10. The Morgan fingerprint density at radius 2 is 2.09 bits per heavy atom. The van der Waals surface area contributed by atoms with Gasteiger partial charge in [0, 0.05) is 11.6 Å². The predicted octanol–water partition coefficient (Wildman–Crippen LogP) is 2.94. The fourth-order valence-corrected chi connectivity index (χ4v) is 1.69. The van der Waals surface area contributed by atoms with Gasteiger partial charge in [0.2, 0.25) is 0 Å². The van der Waals surface area contributed by atoms with Gasteiger partial charge >= 0.3 is 5.43 Å². The van der Waals surface area contributed by atoms with Gasteiger partial charge in [0.1, 0.15) is 6.10 Å². The minimum atomic E-state index is -0.663. The van der Waals surface area contributed by atoms with E-state index in [4.69, 9.17) is 16.3 Å². The Labute approximate surface area is 71.9 Å². The van der Waals surface area contributed by atoms with E-state index in [1.807, 2.05) is 0 Å². The molecular weight excluding hydrogens is 164 g/mol. The Bertz CT molecular complexity index is 147. The molecule has 1 rings (SSSR count). The van der Waals surface area contributed by atoms with Crippen LogP contribution in [0.4, 0.5) is 4.79 Å². The van der Waals surface area contributed by atoms with E-state index in [-0.39, 0.29) is 6.10 Å². The number of halogens is 1. The van der Waals surface area contributed by atoms with Gasteiger partial charge in [-0.15, -0.1) is 0 Å². The summed E-state index contributed by atoms with van der Waals surface area (Å²) in [5.74, 6) is 0.478. The Morgan fingerprint density at radius 1 is 1.45 bits per heavy atom. The molecule has 0 aromatic heterocycles. The van der Waals surface area contributed by atoms with E-state index in [0.29, 0.717) is 5.92 Å². The fourth-order valence-electron chi connectivity index (χ4n) is 1.58. The highest BCUT2D eigenvalue weighted by atomic mass is 35.5. The van der Waals surface area contributed by atoms with Gasteiger partial charge < -0.3 is 4.74 Å². The summed E-state index contributed by atoms with van der Waals surface area (Å²) in [5, 5.41) is 0. The first-order chi connectivity index (χ1) is 5.20. The molecule has 0 aromatic rings. The van der Waals surface area contributed by atoms with E-state index >= 15 is 0 Å². The third-order valence-corrected chi connectivity index (χ3v) is 2.37. The standard InChI is InChI=1S/C8H13ClO2/c1-6-4-2-3-5-7(6)11-8(9)10/h6-7H,2-5H2,1H3/t6-,7-/m0/s1. The molecule has 1 aliphatic rings. The zero-order valence-electron chi connectivity index (χ0n) is 6.68. The number of hydrogen-bond acceptors (Lipinski definition) is 2. The maximum Gasteiger partial charge on any atom is 0.404 e. The molecule has 2 nitrogen and oxygen atoms in total. The van der Waals surface area contributed by atoms with Gasteiger partial charge in [0.15, 0.2) is 0 Å². The van der Waals surface area contributed by atoms with Crippen molar-refractivity contribution in [3.8, 4) is 0 Å². The highest BCUT2D eigenvalue weighted by molar-refractivity contribution is 6.61. The van der Waals surface area contributed by atoms with Crippen molar-refractivity contribution >= 4 is 17.0 Å². The molecule has 0 spiro atoms. The monoisotopic (exact) mass is 176 g/mol. The van der Waals surface area contributed by atoms with Crippen LogP contribution in [0.15, 0.2) is 0 Å². The number of rotatable bonds is 1. The molecule has 64 valence electrons. The fraction of sp³-hybridized carbons (Fsp3) is 0.875. The maximum absolute atomic E-state index is 10.4. The second-order valence-electron chi connectivity index (χ2n) is 3.16. The summed E-state index contributed by atoms with van der Waals surface area (Å²) in [6, 6.07) is 0. The van der Waals surface area contributed by atoms with Gasteiger partial charge in [0.25, 0.3) is 0 Å². The zero-order valence-corrected chi connectivity index (χ0v) is 7.43. The molecule has 0 saturated heterocycles. The Kier molecular flexibility index (Phi) is 3.18.